The first kappa shape index (κ1) is 12.8. The maximum atomic E-state index is 12.6. The van der Waals surface area contributed by atoms with Crippen LogP contribution in [0.3, 0.4) is 0 Å². The van der Waals surface area contributed by atoms with Crippen molar-refractivity contribution in [3.05, 3.63) is 16.4 Å². The van der Waals surface area contributed by atoms with E-state index in [2.05, 4.69) is 33.3 Å². The Balaban J connectivity index is 2.32. The van der Waals surface area contributed by atoms with Gasteiger partial charge in [0.25, 0.3) is 0 Å². The third-order valence-electron chi connectivity index (χ3n) is 3.36. The van der Waals surface area contributed by atoms with Gasteiger partial charge < -0.3 is 5.32 Å². The fourth-order valence-electron chi connectivity index (χ4n) is 2.27. The number of hydrogen-bond donors (Lipinski definition) is 1. The Labute approximate surface area is 110 Å². The van der Waals surface area contributed by atoms with Crippen LogP contribution < -0.4 is 5.32 Å². The van der Waals surface area contributed by atoms with Crippen molar-refractivity contribution in [1.82, 2.24) is 15.1 Å². The van der Waals surface area contributed by atoms with Gasteiger partial charge in [-0.2, -0.15) is 5.10 Å². The third kappa shape index (κ3) is 2.31. The predicted octanol–water partition coefficient (Wildman–Crippen LogP) is 2.24. The number of halogens is 1. The molecule has 0 aliphatic carbocycles. The highest BCUT2D eigenvalue weighted by Gasteiger charge is 2.39. The number of nitrogens with one attached hydrogen (secondary N) is 1. The van der Waals surface area contributed by atoms with Gasteiger partial charge in [0.05, 0.1) is 10.7 Å². The fraction of sp³-hybridized carbons (Fsp3) is 0.667. The zero-order chi connectivity index (χ0) is 12.5. The molecule has 1 saturated heterocycles. The first-order chi connectivity index (χ1) is 8.08. The van der Waals surface area contributed by atoms with E-state index in [1.54, 1.807) is 6.20 Å². The summed E-state index contributed by atoms with van der Waals surface area (Å²) in [5, 5.41) is 7.52. The largest absolute Gasteiger partial charge is 0.316 e. The second-order valence-corrected chi connectivity index (χ2v) is 5.74. The van der Waals surface area contributed by atoms with Gasteiger partial charge in [0.15, 0.2) is 5.78 Å². The monoisotopic (exact) mass is 299 g/mol. The molecule has 94 valence electrons. The molecule has 0 aromatic carbocycles. The van der Waals surface area contributed by atoms with Crippen LogP contribution in [0, 0.1) is 5.41 Å². The van der Waals surface area contributed by atoms with Crippen LogP contribution >= 0.6 is 15.9 Å². The molecule has 0 bridgehead atoms. The summed E-state index contributed by atoms with van der Waals surface area (Å²) in [6.45, 7) is 6.58. The van der Waals surface area contributed by atoms with E-state index in [1.807, 2.05) is 11.6 Å². The summed E-state index contributed by atoms with van der Waals surface area (Å²) in [7, 11) is 0. The highest BCUT2D eigenvalue weighted by atomic mass is 79.9. The number of carbonyl (C=O) groups excluding carboxylic acids is 1. The molecule has 0 amide bonds. The van der Waals surface area contributed by atoms with Gasteiger partial charge in [0, 0.05) is 18.5 Å². The molecule has 1 atom stereocenters. The quantitative estimate of drug-likeness (QED) is 0.868. The van der Waals surface area contributed by atoms with Crippen LogP contribution in [0.25, 0.3) is 0 Å². The first-order valence-corrected chi connectivity index (χ1v) is 6.84. The van der Waals surface area contributed by atoms with Crippen molar-refractivity contribution in [2.75, 3.05) is 13.1 Å². The molecule has 4 nitrogen and oxygen atoms in total. The molecule has 1 aromatic heterocycles. The molecule has 1 N–H and O–H groups in total. The lowest BCUT2D eigenvalue weighted by molar-refractivity contribution is 0.0826. The summed E-state index contributed by atoms with van der Waals surface area (Å²) >= 11 is 3.43. The average molecular weight is 300 g/mol. The van der Waals surface area contributed by atoms with Gasteiger partial charge in [-0.05, 0) is 35.3 Å². The highest BCUT2D eigenvalue weighted by Crippen LogP contribution is 2.32. The zero-order valence-electron chi connectivity index (χ0n) is 10.3. The highest BCUT2D eigenvalue weighted by molar-refractivity contribution is 9.10. The van der Waals surface area contributed by atoms with Crippen molar-refractivity contribution in [3.63, 3.8) is 0 Å². The van der Waals surface area contributed by atoms with Crippen LogP contribution in [-0.4, -0.2) is 28.7 Å². The van der Waals surface area contributed by atoms with Crippen LogP contribution in [0.15, 0.2) is 10.7 Å². The van der Waals surface area contributed by atoms with E-state index in [0.29, 0.717) is 0 Å². The first-order valence-electron chi connectivity index (χ1n) is 6.05. The topological polar surface area (TPSA) is 46.9 Å². The number of aryl methyl sites for hydroxylation is 1. The number of carbonyl (C=O) groups is 1. The Hall–Kier alpha value is -0.680. The van der Waals surface area contributed by atoms with Crippen molar-refractivity contribution in [3.8, 4) is 0 Å². The van der Waals surface area contributed by atoms with E-state index < -0.39 is 0 Å². The number of nitrogens with zero attached hydrogens (tertiary/aromatic N) is 2. The van der Waals surface area contributed by atoms with E-state index in [0.717, 1.165) is 42.6 Å². The van der Waals surface area contributed by atoms with Crippen molar-refractivity contribution in [1.29, 1.82) is 0 Å². The van der Waals surface area contributed by atoms with Gasteiger partial charge in [-0.25, -0.2) is 0 Å². The minimum Gasteiger partial charge on any atom is -0.316 e. The van der Waals surface area contributed by atoms with E-state index >= 15 is 0 Å². The Morgan fingerprint density at radius 3 is 3.06 bits per heavy atom. The van der Waals surface area contributed by atoms with Crippen molar-refractivity contribution >= 4 is 21.7 Å². The molecule has 0 saturated carbocycles. The molecule has 2 heterocycles. The van der Waals surface area contributed by atoms with Gasteiger partial charge >= 0.3 is 0 Å². The molecule has 0 spiro atoms. The fourth-order valence-corrected chi connectivity index (χ4v) is 2.74. The molecule has 0 radical (unpaired) electrons. The van der Waals surface area contributed by atoms with Crippen molar-refractivity contribution in [2.45, 2.75) is 33.2 Å². The second kappa shape index (κ2) is 4.90. The van der Waals surface area contributed by atoms with Gasteiger partial charge in [0.2, 0.25) is 0 Å². The second-order valence-electron chi connectivity index (χ2n) is 4.88. The molecule has 2 rings (SSSR count). The minimum absolute atomic E-state index is 0.195. The smallest absolute Gasteiger partial charge is 0.189 e. The van der Waals surface area contributed by atoms with Gasteiger partial charge in [0.1, 0.15) is 5.69 Å². The van der Waals surface area contributed by atoms with Crippen LogP contribution in [0.1, 0.15) is 37.2 Å². The molecule has 1 aromatic rings. The Kier molecular flexibility index (Phi) is 3.68. The maximum Gasteiger partial charge on any atom is 0.189 e. The predicted molar refractivity (Wildman–Crippen MR) is 70.1 cm³/mol. The number of rotatable bonds is 4. The average Bonchev–Trinajstić information content (AvgIpc) is 2.87. The van der Waals surface area contributed by atoms with E-state index in [1.165, 1.54) is 0 Å². The summed E-state index contributed by atoms with van der Waals surface area (Å²) < 4.78 is 2.62. The van der Waals surface area contributed by atoms with Gasteiger partial charge in [-0.1, -0.05) is 13.8 Å². The van der Waals surface area contributed by atoms with Crippen LogP contribution in [0.2, 0.25) is 0 Å². The summed E-state index contributed by atoms with van der Waals surface area (Å²) in [6, 6.07) is 0. The molecular formula is C12H18BrN3O. The molecule has 1 unspecified atom stereocenters. The summed E-state index contributed by atoms with van der Waals surface area (Å²) in [5.74, 6) is 0.195. The maximum absolute atomic E-state index is 12.6. The zero-order valence-corrected chi connectivity index (χ0v) is 11.9. The molecule has 1 aliphatic rings. The van der Waals surface area contributed by atoms with Crippen molar-refractivity contribution < 1.29 is 4.79 Å². The standard InChI is InChI=1S/C12H18BrN3O/c1-3-6-16-10(9(13)7-15-16)11(17)12(2)4-5-14-8-12/h7,14H,3-6,8H2,1-2H3. The van der Waals surface area contributed by atoms with Crippen LogP contribution in [-0.2, 0) is 6.54 Å². The molecular weight excluding hydrogens is 282 g/mol. The molecule has 5 heteroatoms. The Morgan fingerprint density at radius 1 is 1.71 bits per heavy atom. The normalized spacial score (nSPS) is 24.2. The van der Waals surface area contributed by atoms with Gasteiger partial charge in [-0.3, -0.25) is 9.48 Å². The Morgan fingerprint density at radius 2 is 2.47 bits per heavy atom. The number of aromatic nitrogens is 2. The SMILES string of the molecule is CCCn1ncc(Br)c1C(=O)C1(C)CCNC1. The number of hydrogen-bond acceptors (Lipinski definition) is 3. The van der Waals surface area contributed by atoms with Crippen LogP contribution in [0.4, 0.5) is 0 Å². The van der Waals surface area contributed by atoms with E-state index in [9.17, 15) is 4.79 Å². The third-order valence-corrected chi connectivity index (χ3v) is 3.94. The lowest BCUT2D eigenvalue weighted by atomic mass is 9.83. The van der Waals surface area contributed by atoms with Gasteiger partial charge in [-0.15, -0.1) is 0 Å². The molecule has 1 fully saturated rings. The lowest BCUT2D eigenvalue weighted by Gasteiger charge is -2.21. The van der Waals surface area contributed by atoms with Crippen LogP contribution in [0.5, 0.6) is 0 Å². The number of ketones is 1. The summed E-state index contributed by atoms with van der Waals surface area (Å²) in [6.07, 6.45) is 3.59. The molecule has 1 aliphatic heterocycles. The number of Topliss-reactive ketones (excluding diaryl/α,β-unsaturated/α-hetero) is 1. The minimum atomic E-state index is -0.284. The van der Waals surface area contributed by atoms with E-state index in [4.69, 9.17) is 0 Å². The Bertz CT molecular complexity index is 421. The molecule has 17 heavy (non-hydrogen) atoms. The summed E-state index contributed by atoms with van der Waals surface area (Å²) in [5.41, 5.74) is 0.437. The van der Waals surface area contributed by atoms with Crippen molar-refractivity contribution in [2.24, 2.45) is 5.41 Å². The lowest BCUT2D eigenvalue weighted by Crippen LogP contribution is -2.32. The summed E-state index contributed by atoms with van der Waals surface area (Å²) in [4.78, 5) is 12.6. The van der Waals surface area contributed by atoms with E-state index in [-0.39, 0.29) is 11.2 Å².